The van der Waals surface area contributed by atoms with E-state index in [1.54, 1.807) is 18.2 Å². The van der Waals surface area contributed by atoms with Gasteiger partial charge in [-0.05, 0) is 29.5 Å². The second-order valence-corrected chi connectivity index (χ2v) is 6.65. The summed E-state index contributed by atoms with van der Waals surface area (Å²) in [6, 6.07) is 5.23. The summed E-state index contributed by atoms with van der Waals surface area (Å²) in [5.41, 5.74) is 6.84. The number of benzene rings is 1. The maximum absolute atomic E-state index is 12.2. The molecule has 0 saturated carbocycles. The van der Waals surface area contributed by atoms with Gasteiger partial charge in [-0.25, -0.2) is 0 Å². The van der Waals surface area contributed by atoms with Crippen LogP contribution in [0.25, 0.3) is 0 Å². The first-order valence-electron chi connectivity index (χ1n) is 7.02. The predicted octanol–water partition coefficient (Wildman–Crippen LogP) is 3.66. The van der Waals surface area contributed by atoms with Crippen LogP contribution in [0.5, 0.6) is 0 Å². The van der Waals surface area contributed by atoms with Crippen LogP contribution < -0.4 is 11.1 Å². The van der Waals surface area contributed by atoms with Crippen molar-refractivity contribution >= 4 is 23.2 Å². The first kappa shape index (κ1) is 17.6. The SMILES string of the molecule is CC(CC(=O)Nc1ccc(Cl)cc1C#CCN)C(C)(C)C. The first-order valence-corrected chi connectivity index (χ1v) is 7.40. The van der Waals surface area contributed by atoms with Gasteiger partial charge in [-0.15, -0.1) is 0 Å². The quantitative estimate of drug-likeness (QED) is 0.837. The topological polar surface area (TPSA) is 55.1 Å². The highest BCUT2D eigenvalue weighted by Gasteiger charge is 2.22. The van der Waals surface area contributed by atoms with Crippen molar-refractivity contribution in [1.29, 1.82) is 0 Å². The van der Waals surface area contributed by atoms with Gasteiger partial charge < -0.3 is 11.1 Å². The summed E-state index contributed by atoms with van der Waals surface area (Å²) < 4.78 is 0. The standard InChI is InChI=1S/C17H23ClN2O/c1-12(17(2,3)4)10-16(21)20-15-8-7-14(18)11-13(15)6-5-9-19/h7-8,11-12H,9-10,19H2,1-4H3,(H,20,21). The van der Waals surface area contributed by atoms with Gasteiger partial charge in [0.15, 0.2) is 0 Å². The Morgan fingerprint density at radius 2 is 2.10 bits per heavy atom. The third kappa shape index (κ3) is 5.79. The average Bonchev–Trinajstić information content (AvgIpc) is 2.37. The summed E-state index contributed by atoms with van der Waals surface area (Å²) in [5.74, 6) is 5.97. The van der Waals surface area contributed by atoms with Gasteiger partial charge >= 0.3 is 0 Å². The number of hydrogen-bond donors (Lipinski definition) is 2. The lowest BCUT2D eigenvalue weighted by atomic mass is 9.80. The maximum atomic E-state index is 12.2. The molecule has 0 bridgehead atoms. The van der Waals surface area contributed by atoms with Gasteiger partial charge in [-0.3, -0.25) is 4.79 Å². The monoisotopic (exact) mass is 306 g/mol. The van der Waals surface area contributed by atoms with E-state index in [1.165, 1.54) is 0 Å². The van der Waals surface area contributed by atoms with E-state index < -0.39 is 0 Å². The highest BCUT2D eigenvalue weighted by Crippen LogP contribution is 2.28. The number of amides is 1. The van der Waals surface area contributed by atoms with Crippen molar-refractivity contribution in [2.24, 2.45) is 17.1 Å². The molecule has 3 N–H and O–H groups in total. The number of nitrogens with one attached hydrogen (secondary N) is 1. The Morgan fingerprint density at radius 3 is 2.67 bits per heavy atom. The van der Waals surface area contributed by atoms with Crippen molar-refractivity contribution < 1.29 is 4.79 Å². The molecule has 0 aliphatic rings. The molecule has 114 valence electrons. The third-order valence-electron chi connectivity index (χ3n) is 3.55. The molecule has 1 rings (SSSR count). The van der Waals surface area contributed by atoms with E-state index in [9.17, 15) is 4.79 Å². The van der Waals surface area contributed by atoms with Crippen molar-refractivity contribution in [3.8, 4) is 11.8 Å². The second-order valence-electron chi connectivity index (χ2n) is 6.22. The molecule has 0 radical (unpaired) electrons. The first-order chi connectivity index (χ1) is 9.74. The Hall–Kier alpha value is -1.50. The summed E-state index contributed by atoms with van der Waals surface area (Å²) in [6.45, 7) is 8.74. The number of carbonyl (C=O) groups excluding carboxylic acids is 1. The fourth-order valence-corrected chi connectivity index (χ4v) is 1.83. The van der Waals surface area contributed by atoms with E-state index in [-0.39, 0.29) is 23.8 Å². The van der Waals surface area contributed by atoms with E-state index in [4.69, 9.17) is 17.3 Å². The highest BCUT2D eigenvalue weighted by molar-refractivity contribution is 6.30. The Kier molecular flexibility index (Phi) is 6.26. The summed E-state index contributed by atoms with van der Waals surface area (Å²) in [5, 5.41) is 3.49. The second kappa shape index (κ2) is 7.49. The van der Waals surface area contributed by atoms with E-state index in [1.807, 2.05) is 0 Å². The lowest BCUT2D eigenvalue weighted by Gasteiger charge is -2.26. The number of carbonyl (C=O) groups is 1. The molecule has 4 heteroatoms. The summed E-state index contributed by atoms with van der Waals surface area (Å²) in [7, 11) is 0. The largest absolute Gasteiger partial charge is 0.325 e. The molecule has 1 aromatic carbocycles. The Balaban J connectivity index is 2.85. The number of hydrogen-bond acceptors (Lipinski definition) is 2. The van der Waals surface area contributed by atoms with Crippen LogP contribution in [-0.2, 0) is 4.79 Å². The van der Waals surface area contributed by atoms with Crippen molar-refractivity contribution in [3.63, 3.8) is 0 Å². The molecule has 21 heavy (non-hydrogen) atoms. The van der Waals surface area contributed by atoms with Crippen LogP contribution in [0.1, 0.15) is 39.7 Å². The van der Waals surface area contributed by atoms with Crippen molar-refractivity contribution in [2.75, 3.05) is 11.9 Å². The van der Waals surface area contributed by atoms with E-state index >= 15 is 0 Å². The summed E-state index contributed by atoms with van der Waals surface area (Å²) >= 11 is 5.96. The summed E-state index contributed by atoms with van der Waals surface area (Å²) in [6.07, 6.45) is 0.468. The molecule has 0 aliphatic heterocycles. The van der Waals surface area contributed by atoms with Crippen LogP contribution in [0.15, 0.2) is 18.2 Å². The van der Waals surface area contributed by atoms with Gasteiger partial charge in [0, 0.05) is 17.0 Å². The Morgan fingerprint density at radius 1 is 1.43 bits per heavy atom. The molecule has 1 unspecified atom stereocenters. The molecule has 1 atom stereocenters. The summed E-state index contributed by atoms with van der Waals surface area (Å²) in [4.78, 5) is 12.2. The fourth-order valence-electron chi connectivity index (χ4n) is 1.66. The minimum absolute atomic E-state index is 0.0180. The fraction of sp³-hybridized carbons (Fsp3) is 0.471. The number of anilines is 1. The maximum Gasteiger partial charge on any atom is 0.224 e. The van der Waals surface area contributed by atoms with Crippen molar-refractivity contribution in [1.82, 2.24) is 0 Å². The molecule has 0 spiro atoms. The van der Waals surface area contributed by atoms with Crippen LogP contribution in [-0.4, -0.2) is 12.5 Å². The van der Waals surface area contributed by atoms with E-state index in [0.717, 1.165) is 0 Å². The third-order valence-corrected chi connectivity index (χ3v) is 3.79. The molecule has 3 nitrogen and oxygen atoms in total. The molecule has 0 aromatic heterocycles. The van der Waals surface area contributed by atoms with E-state index in [0.29, 0.717) is 22.7 Å². The molecule has 0 fully saturated rings. The van der Waals surface area contributed by atoms with Crippen molar-refractivity contribution in [2.45, 2.75) is 34.1 Å². The zero-order chi connectivity index (χ0) is 16.0. The van der Waals surface area contributed by atoms with Crippen LogP contribution in [0.2, 0.25) is 5.02 Å². The van der Waals surface area contributed by atoms with Crippen molar-refractivity contribution in [3.05, 3.63) is 28.8 Å². The van der Waals surface area contributed by atoms with Gasteiger partial charge in [0.25, 0.3) is 0 Å². The zero-order valence-electron chi connectivity index (χ0n) is 13.1. The molecular weight excluding hydrogens is 284 g/mol. The van der Waals surface area contributed by atoms with Gasteiger partial charge in [-0.2, -0.15) is 0 Å². The number of rotatable bonds is 3. The molecule has 1 aromatic rings. The minimum atomic E-state index is -0.0180. The number of halogens is 1. The number of nitrogens with two attached hydrogens (primary N) is 1. The van der Waals surface area contributed by atoms with Crippen LogP contribution >= 0.6 is 11.6 Å². The Labute approximate surface area is 132 Å². The Bertz CT molecular complexity index is 564. The van der Waals surface area contributed by atoms with Gasteiger partial charge in [0.1, 0.15) is 0 Å². The smallest absolute Gasteiger partial charge is 0.224 e. The molecule has 1 amide bonds. The molecule has 0 heterocycles. The minimum Gasteiger partial charge on any atom is -0.325 e. The highest BCUT2D eigenvalue weighted by atomic mass is 35.5. The average molecular weight is 307 g/mol. The van der Waals surface area contributed by atoms with Crippen LogP contribution in [0.4, 0.5) is 5.69 Å². The van der Waals surface area contributed by atoms with E-state index in [2.05, 4.69) is 44.9 Å². The normalized spacial score (nSPS) is 12.3. The van der Waals surface area contributed by atoms with Gasteiger partial charge in [0.05, 0.1) is 12.2 Å². The lowest BCUT2D eigenvalue weighted by molar-refractivity contribution is -0.117. The zero-order valence-corrected chi connectivity index (χ0v) is 13.8. The lowest BCUT2D eigenvalue weighted by Crippen LogP contribution is -2.24. The predicted molar refractivity (Wildman–Crippen MR) is 89.3 cm³/mol. The molecular formula is C17H23ClN2O. The van der Waals surface area contributed by atoms with Gasteiger partial charge in [-0.1, -0.05) is 51.1 Å². The molecule has 0 aliphatic carbocycles. The molecule has 0 saturated heterocycles. The van der Waals surface area contributed by atoms with Crippen LogP contribution in [0, 0.1) is 23.2 Å². The van der Waals surface area contributed by atoms with Gasteiger partial charge in [0.2, 0.25) is 5.91 Å². The van der Waals surface area contributed by atoms with Crippen LogP contribution in [0.3, 0.4) is 0 Å².